The number of nitrogens with zero attached hydrogens (tertiary/aromatic N) is 1. The lowest BCUT2D eigenvalue weighted by Gasteiger charge is -2.11. The van der Waals surface area contributed by atoms with Crippen molar-refractivity contribution in [2.75, 3.05) is 20.2 Å². The van der Waals surface area contributed by atoms with Crippen LogP contribution in [0.25, 0.3) is 0 Å². The van der Waals surface area contributed by atoms with Gasteiger partial charge in [0.25, 0.3) is 0 Å². The number of benzene rings is 1. The van der Waals surface area contributed by atoms with Gasteiger partial charge in [-0.25, -0.2) is 13.1 Å². The van der Waals surface area contributed by atoms with E-state index in [2.05, 4.69) is 10.0 Å². The lowest BCUT2D eigenvalue weighted by Crippen LogP contribution is -2.30. The average molecular weight is 366 g/mol. The molecule has 1 aliphatic rings. The van der Waals surface area contributed by atoms with Gasteiger partial charge in [-0.3, -0.25) is 10.1 Å². The van der Waals surface area contributed by atoms with E-state index in [1.54, 1.807) is 0 Å². The summed E-state index contributed by atoms with van der Waals surface area (Å²) >= 11 is 0. The van der Waals surface area contributed by atoms with Crippen molar-refractivity contribution in [2.45, 2.75) is 30.2 Å². The van der Waals surface area contributed by atoms with Crippen LogP contribution in [0.5, 0.6) is 5.75 Å². The maximum Gasteiger partial charge on any atom is 0.312 e. The second-order valence-electron chi connectivity index (χ2n) is 5.07. The van der Waals surface area contributed by atoms with Crippen molar-refractivity contribution in [3.8, 4) is 5.75 Å². The molecule has 0 unspecified atom stereocenters. The number of ether oxygens (including phenoxy) is 1. The Morgan fingerprint density at radius 3 is 2.78 bits per heavy atom. The summed E-state index contributed by atoms with van der Waals surface area (Å²) in [6.45, 7) is 1.25. The van der Waals surface area contributed by atoms with Gasteiger partial charge in [0, 0.05) is 18.7 Å². The molecule has 1 aliphatic heterocycles. The molecule has 0 radical (unpaired) electrons. The zero-order valence-electron chi connectivity index (χ0n) is 12.6. The van der Waals surface area contributed by atoms with Gasteiger partial charge < -0.3 is 10.1 Å². The average Bonchev–Trinajstić information content (AvgIpc) is 2.99. The number of sulfonamides is 1. The predicted octanol–water partition coefficient (Wildman–Crippen LogP) is 1.45. The molecule has 1 atom stereocenters. The van der Waals surface area contributed by atoms with Crippen molar-refractivity contribution < 1.29 is 18.1 Å². The number of rotatable bonds is 7. The van der Waals surface area contributed by atoms with E-state index in [0.717, 1.165) is 25.5 Å². The molecule has 130 valence electrons. The van der Waals surface area contributed by atoms with Gasteiger partial charge in [-0.05, 0) is 37.9 Å². The highest BCUT2D eigenvalue weighted by Gasteiger charge is 2.22. The van der Waals surface area contributed by atoms with Crippen LogP contribution >= 0.6 is 12.4 Å². The first-order chi connectivity index (χ1) is 10.4. The molecule has 0 amide bonds. The monoisotopic (exact) mass is 365 g/mol. The fraction of sp³-hybridized carbons (Fsp3) is 0.538. The van der Waals surface area contributed by atoms with Gasteiger partial charge in [0.05, 0.1) is 16.9 Å². The smallest absolute Gasteiger partial charge is 0.312 e. The third-order valence-corrected chi connectivity index (χ3v) is 5.06. The highest BCUT2D eigenvalue weighted by molar-refractivity contribution is 7.89. The van der Waals surface area contributed by atoms with Gasteiger partial charge in [0.2, 0.25) is 10.0 Å². The summed E-state index contributed by atoms with van der Waals surface area (Å²) in [4.78, 5) is 10.1. The molecule has 0 aliphatic carbocycles. The highest BCUT2D eigenvalue weighted by atomic mass is 35.5. The number of nitro benzene ring substituents is 1. The van der Waals surface area contributed by atoms with Crippen LogP contribution in [0, 0.1) is 10.1 Å². The molecular weight excluding hydrogens is 346 g/mol. The molecule has 10 heteroatoms. The van der Waals surface area contributed by atoms with Crippen molar-refractivity contribution in [2.24, 2.45) is 0 Å². The molecule has 0 spiro atoms. The van der Waals surface area contributed by atoms with Crippen LogP contribution in [0.15, 0.2) is 23.1 Å². The summed E-state index contributed by atoms with van der Waals surface area (Å²) in [5, 5.41) is 14.2. The Balaban J connectivity index is 0.00000264. The topological polar surface area (TPSA) is 111 Å². The van der Waals surface area contributed by atoms with Gasteiger partial charge in [-0.15, -0.1) is 12.4 Å². The van der Waals surface area contributed by atoms with Crippen LogP contribution in [0.3, 0.4) is 0 Å². The van der Waals surface area contributed by atoms with Gasteiger partial charge in [-0.2, -0.15) is 0 Å². The van der Waals surface area contributed by atoms with E-state index in [1.165, 1.54) is 19.2 Å². The van der Waals surface area contributed by atoms with Crippen molar-refractivity contribution in [1.29, 1.82) is 0 Å². The molecule has 8 nitrogen and oxygen atoms in total. The van der Waals surface area contributed by atoms with Gasteiger partial charge in [0.15, 0.2) is 5.75 Å². The molecule has 1 aromatic carbocycles. The molecule has 23 heavy (non-hydrogen) atoms. The van der Waals surface area contributed by atoms with E-state index in [0.29, 0.717) is 19.0 Å². The molecule has 2 rings (SSSR count). The van der Waals surface area contributed by atoms with E-state index in [-0.39, 0.29) is 28.7 Å². The van der Waals surface area contributed by atoms with Gasteiger partial charge in [0.1, 0.15) is 0 Å². The summed E-state index contributed by atoms with van der Waals surface area (Å²) in [6.07, 6.45) is 2.83. The Morgan fingerprint density at radius 1 is 1.48 bits per heavy atom. The zero-order valence-corrected chi connectivity index (χ0v) is 14.3. The standard InChI is InChI=1S/C13H19N3O5S.ClH/c1-21-13-5-4-11(9-12(13)16(17)18)22(19,20)15-8-6-10-3-2-7-14-10;/h4-5,9-10,14-15H,2-3,6-8H2,1H3;1H/t10-;/m1./s1. The number of hydrogen-bond acceptors (Lipinski definition) is 6. The number of nitrogens with one attached hydrogen (secondary N) is 2. The van der Waals surface area contributed by atoms with Crippen molar-refractivity contribution >= 4 is 28.1 Å². The summed E-state index contributed by atoms with van der Waals surface area (Å²) in [6, 6.07) is 3.91. The third kappa shape index (κ3) is 5.03. The lowest BCUT2D eigenvalue weighted by atomic mass is 10.2. The molecule has 1 aromatic rings. The molecule has 1 heterocycles. The van der Waals surface area contributed by atoms with Crippen LogP contribution in [0.1, 0.15) is 19.3 Å². The van der Waals surface area contributed by atoms with E-state index in [4.69, 9.17) is 4.74 Å². The summed E-state index contributed by atoms with van der Waals surface area (Å²) in [7, 11) is -2.48. The highest BCUT2D eigenvalue weighted by Crippen LogP contribution is 2.29. The number of hydrogen-bond donors (Lipinski definition) is 2. The van der Waals surface area contributed by atoms with Crippen molar-refractivity contribution in [3.63, 3.8) is 0 Å². The molecule has 1 saturated heterocycles. The van der Waals surface area contributed by atoms with E-state index >= 15 is 0 Å². The lowest BCUT2D eigenvalue weighted by molar-refractivity contribution is -0.386. The maximum atomic E-state index is 12.2. The molecule has 0 bridgehead atoms. The zero-order chi connectivity index (χ0) is 16.2. The van der Waals surface area contributed by atoms with E-state index < -0.39 is 14.9 Å². The SMILES string of the molecule is COc1ccc(S(=O)(=O)NCC[C@H]2CCCN2)cc1[N+](=O)[O-].Cl. The number of methoxy groups -OCH3 is 1. The first kappa shape index (κ1) is 19.6. The Hall–Kier alpha value is -1.42. The summed E-state index contributed by atoms with van der Waals surface area (Å²) < 4.78 is 31.7. The second kappa shape index (κ2) is 8.44. The Labute approximate surface area is 141 Å². The Bertz CT molecular complexity index is 647. The molecule has 1 fully saturated rings. The molecular formula is C13H20ClN3O5S. The summed E-state index contributed by atoms with van der Waals surface area (Å²) in [5.74, 6) is 0.0269. The van der Waals surface area contributed by atoms with Gasteiger partial charge >= 0.3 is 5.69 Å². The predicted molar refractivity (Wildman–Crippen MR) is 87.7 cm³/mol. The van der Waals surface area contributed by atoms with Crippen LogP contribution in [-0.4, -0.2) is 39.6 Å². The maximum absolute atomic E-state index is 12.2. The van der Waals surface area contributed by atoms with E-state index in [9.17, 15) is 18.5 Å². The number of nitro groups is 1. The normalized spacial score (nSPS) is 17.5. The van der Waals surface area contributed by atoms with Crippen LogP contribution in [-0.2, 0) is 10.0 Å². The minimum Gasteiger partial charge on any atom is -0.490 e. The van der Waals surface area contributed by atoms with Crippen LogP contribution in [0.2, 0.25) is 0 Å². The molecule has 0 aromatic heterocycles. The van der Waals surface area contributed by atoms with Crippen LogP contribution < -0.4 is 14.8 Å². The molecule has 0 saturated carbocycles. The van der Waals surface area contributed by atoms with Crippen molar-refractivity contribution in [1.82, 2.24) is 10.0 Å². The van der Waals surface area contributed by atoms with Gasteiger partial charge in [-0.1, -0.05) is 0 Å². The van der Waals surface area contributed by atoms with Crippen molar-refractivity contribution in [3.05, 3.63) is 28.3 Å². The van der Waals surface area contributed by atoms with Crippen LogP contribution in [0.4, 0.5) is 5.69 Å². The minimum atomic E-state index is -3.77. The minimum absolute atomic E-state index is 0. The number of halogens is 1. The quantitative estimate of drug-likeness (QED) is 0.558. The molecule has 2 N–H and O–H groups in total. The third-order valence-electron chi connectivity index (χ3n) is 3.60. The second-order valence-corrected chi connectivity index (χ2v) is 6.84. The first-order valence-corrected chi connectivity index (χ1v) is 8.48. The fourth-order valence-corrected chi connectivity index (χ4v) is 3.50. The largest absolute Gasteiger partial charge is 0.490 e. The first-order valence-electron chi connectivity index (χ1n) is 6.99. The van der Waals surface area contributed by atoms with E-state index in [1.807, 2.05) is 0 Å². The Kier molecular flexibility index (Phi) is 7.20. The Morgan fingerprint density at radius 2 is 2.22 bits per heavy atom. The summed E-state index contributed by atoms with van der Waals surface area (Å²) in [5.41, 5.74) is -0.372. The fourth-order valence-electron chi connectivity index (χ4n) is 2.43.